The van der Waals surface area contributed by atoms with E-state index in [1.54, 1.807) is 19.2 Å². The van der Waals surface area contributed by atoms with Crippen molar-refractivity contribution in [1.29, 1.82) is 0 Å². The van der Waals surface area contributed by atoms with Crippen LogP contribution in [0.15, 0.2) is 35.3 Å². The number of fused-ring (bicyclic) bond motifs is 1. The van der Waals surface area contributed by atoms with Gasteiger partial charge in [-0.3, -0.25) is 14.9 Å². The molecule has 1 aromatic carbocycles. The number of nitrogens with one attached hydrogen (secondary N) is 2. The van der Waals surface area contributed by atoms with Crippen LogP contribution in [0.3, 0.4) is 0 Å². The van der Waals surface area contributed by atoms with E-state index in [-0.39, 0.29) is 5.56 Å². The number of aliphatic hydroxyl groups is 1. The topological polar surface area (TPSA) is 120 Å². The summed E-state index contributed by atoms with van der Waals surface area (Å²) >= 11 is 0. The lowest BCUT2D eigenvalue weighted by molar-refractivity contribution is -0.142. The second kappa shape index (κ2) is 7.34. The number of aliphatic hydroxyl groups excluding tert-OH is 1. The molecule has 3 aromatic rings. The summed E-state index contributed by atoms with van der Waals surface area (Å²) in [5.41, 5.74) is 3.84. The zero-order valence-electron chi connectivity index (χ0n) is 15.4. The molecule has 2 aromatic heterocycles. The molecule has 0 aliphatic rings. The third kappa shape index (κ3) is 3.76. The molecular formula is C19H22N4O4. The van der Waals surface area contributed by atoms with Gasteiger partial charge in [0.1, 0.15) is 11.9 Å². The minimum absolute atomic E-state index is 0.128. The van der Waals surface area contributed by atoms with Crippen molar-refractivity contribution in [2.45, 2.75) is 32.5 Å². The van der Waals surface area contributed by atoms with Crippen molar-refractivity contribution in [2.75, 3.05) is 0 Å². The van der Waals surface area contributed by atoms with Crippen molar-refractivity contribution >= 4 is 17.0 Å². The van der Waals surface area contributed by atoms with E-state index in [0.717, 1.165) is 28.0 Å². The Morgan fingerprint density at radius 3 is 2.74 bits per heavy atom. The SMILES string of the molecule is Cc1cc(-c2nc3cc(CNC(C(=O)O)C(C)O)ccc3n2C)c[nH]c1=O. The maximum atomic E-state index is 11.6. The molecule has 27 heavy (non-hydrogen) atoms. The van der Waals surface area contributed by atoms with Crippen LogP contribution >= 0.6 is 0 Å². The molecule has 142 valence electrons. The van der Waals surface area contributed by atoms with Gasteiger partial charge in [-0.2, -0.15) is 0 Å². The molecule has 2 heterocycles. The number of H-pyrrole nitrogens is 1. The number of aromatic amines is 1. The van der Waals surface area contributed by atoms with E-state index in [0.29, 0.717) is 12.1 Å². The van der Waals surface area contributed by atoms with Crippen LogP contribution in [-0.4, -0.2) is 42.9 Å². The normalized spacial score (nSPS) is 13.6. The lowest BCUT2D eigenvalue weighted by Crippen LogP contribution is -2.44. The van der Waals surface area contributed by atoms with Crippen LogP contribution < -0.4 is 10.9 Å². The Hall–Kier alpha value is -2.97. The van der Waals surface area contributed by atoms with Gasteiger partial charge in [0.05, 0.1) is 17.1 Å². The van der Waals surface area contributed by atoms with Gasteiger partial charge in [0.15, 0.2) is 0 Å². The molecule has 0 bridgehead atoms. The number of aryl methyl sites for hydroxylation is 2. The number of carbonyl (C=O) groups is 1. The molecule has 8 nitrogen and oxygen atoms in total. The summed E-state index contributed by atoms with van der Waals surface area (Å²) < 4.78 is 1.94. The molecule has 0 fully saturated rings. The van der Waals surface area contributed by atoms with Crippen molar-refractivity contribution in [2.24, 2.45) is 7.05 Å². The second-order valence-corrected chi connectivity index (χ2v) is 6.66. The molecule has 4 N–H and O–H groups in total. The number of aromatic nitrogens is 3. The van der Waals surface area contributed by atoms with Gasteiger partial charge in [0.25, 0.3) is 5.56 Å². The van der Waals surface area contributed by atoms with Gasteiger partial charge < -0.3 is 19.8 Å². The molecule has 2 atom stereocenters. The predicted molar refractivity (Wildman–Crippen MR) is 101 cm³/mol. The Kier molecular flexibility index (Phi) is 5.11. The minimum atomic E-state index is -1.10. The molecule has 2 unspecified atom stereocenters. The fourth-order valence-electron chi connectivity index (χ4n) is 3.03. The summed E-state index contributed by atoms with van der Waals surface area (Å²) in [6.45, 7) is 3.48. The number of aliphatic carboxylic acids is 1. The summed E-state index contributed by atoms with van der Waals surface area (Å²) in [5.74, 6) is -0.374. The monoisotopic (exact) mass is 370 g/mol. The summed E-state index contributed by atoms with van der Waals surface area (Å²) in [4.78, 5) is 30.1. The highest BCUT2D eigenvalue weighted by Gasteiger charge is 2.22. The number of pyridine rings is 1. The Morgan fingerprint density at radius 1 is 1.37 bits per heavy atom. The molecular weight excluding hydrogens is 348 g/mol. The molecule has 0 amide bonds. The Morgan fingerprint density at radius 2 is 2.11 bits per heavy atom. The van der Waals surface area contributed by atoms with Crippen LogP contribution in [0.5, 0.6) is 0 Å². The number of hydrogen-bond acceptors (Lipinski definition) is 5. The average molecular weight is 370 g/mol. The standard InChI is InChI=1S/C19H22N4O4/c1-10-6-13(9-21-18(10)25)17-22-14-7-12(4-5-15(14)23(17)3)8-20-16(11(2)24)19(26)27/h4-7,9,11,16,20,24H,8H2,1-3H3,(H,21,25)(H,26,27). The van der Waals surface area contributed by atoms with Crippen LogP contribution in [0.1, 0.15) is 18.1 Å². The van der Waals surface area contributed by atoms with Gasteiger partial charge in [-0.15, -0.1) is 0 Å². The van der Waals surface area contributed by atoms with Gasteiger partial charge in [-0.05, 0) is 37.6 Å². The first-order chi connectivity index (χ1) is 12.8. The van der Waals surface area contributed by atoms with E-state index in [1.165, 1.54) is 6.92 Å². The highest BCUT2D eigenvalue weighted by Crippen LogP contribution is 2.24. The summed E-state index contributed by atoms with van der Waals surface area (Å²) in [6.07, 6.45) is 0.634. The predicted octanol–water partition coefficient (Wildman–Crippen LogP) is 1.16. The largest absolute Gasteiger partial charge is 0.480 e. The summed E-state index contributed by atoms with van der Waals surface area (Å²) in [6, 6.07) is 6.44. The number of carboxylic acids is 1. The number of hydrogen-bond donors (Lipinski definition) is 4. The third-order valence-electron chi connectivity index (χ3n) is 4.57. The summed E-state index contributed by atoms with van der Waals surface area (Å²) in [5, 5.41) is 21.5. The first-order valence-corrected chi connectivity index (χ1v) is 8.57. The lowest BCUT2D eigenvalue weighted by atomic mass is 10.1. The van der Waals surface area contributed by atoms with Crippen molar-refractivity contribution in [3.8, 4) is 11.4 Å². The van der Waals surface area contributed by atoms with Crippen LogP contribution in [0.4, 0.5) is 0 Å². The summed E-state index contributed by atoms with van der Waals surface area (Å²) in [7, 11) is 1.90. The van der Waals surface area contributed by atoms with Crippen molar-refractivity contribution in [3.63, 3.8) is 0 Å². The van der Waals surface area contributed by atoms with Crippen LogP contribution in [-0.2, 0) is 18.4 Å². The first-order valence-electron chi connectivity index (χ1n) is 8.57. The first kappa shape index (κ1) is 18.8. The van der Waals surface area contributed by atoms with Crippen molar-refractivity contribution in [1.82, 2.24) is 19.9 Å². The van der Waals surface area contributed by atoms with Gasteiger partial charge in [0.2, 0.25) is 0 Å². The minimum Gasteiger partial charge on any atom is -0.480 e. The van der Waals surface area contributed by atoms with Gasteiger partial charge in [0, 0.05) is 30.9 Å². The van der Waals surface area contributed by atoms with E-state index in [9.17, 15) is 14.7 Å². The number of rotatable bonds is 6. The smallest absolute Gasteiger partial charge is 0.323 e. The quantitative estimate of drug-likeness (QED) is 0.517. The van der Waals surface area contributed by atoms with Gasteiger partial charge in [-0.1, -0.05) is 6.07 Å². The average Bonchev–Trinajstić information content (AvgIpc) is 2.93. The van der Waals surface area contributed by atoms with E-state index in [4.69, 9.17) is 5.11 Å². The second-order valence-electron chi connectivity index (χ2n) is 6.66. The number of imidazole rings is 1. The Balaban J connectivity index is 1.91. The van der Waals surface area contributed by atoms with Crippen LogP contribution in [0.25, 0.3) is 22.4 Å². The van der Waals surface area contributed by atoms with Gasteiger partial charge >= 0.3 is 5.97 Å². The zero-order valence-corrected chi connectivity index (χ0v) is 15.4. The molecule has 0 spiro atoms. The molecule has 0 saturated heterocycles. The van der Waals surface area contributed by atoms with E-state index in [1.807, 2.05) is 29.8 Å². The molecule has 0 aliphatic carbocycles. The molecule has 8 heteroatoms. The maximum absolute atomic E-state index is 11.6. The van der Waals surface area contributed by atoms with Crippen LogP contribution in [0, 0.1) is 6.92 Å². The van der Waals surface area contributed by atoms with E-state index < -0.39 is 18.1 Å². The van der Waals surface area contributed by atoms with E-state index in [2.05, 4.69) is 15.3 Å². The van der Waals surface area contributed by atoms with Gasteiger partial charge in [-0.25, -0.2) is 4.98 Å². The Bertz CT molecular complexity index is 1050. The van der Waals surface area contributed by atoms with Crippen molar-refractivity contribution in [3.05, 3.63) is 51.9 Å². The molecule has 0 aliphatic heterocycles. The molecule has 0 saturated carbocycles. The Labute approximate surface area is 155 Å². The number of nitrogens with zero attached hydrogens (tertiary/aromatic N) is 2. The fraction of sp³-hybridized carbons (Fsp3) is 0.316. The highest BCUT2D eigenvalue weighted by atomic mass is 16.4. The number of carboxylic acid groups (broad SMARTS) is 1. The molecule has 3 rings (SSSR count). The highest BCUT2D eigenvalue weighted by molar-refractivity contribution is 5.81. The van der Waals surface area contributed by atoms with Crippen LogP contribution in [0.2, 0.25) is 0 Å². The third-order valence-corrected chi connectivity index (χ3v) is 4.57. The zero-order chi connectivity index (χ0) is 19.7. The number of benzene rings is 1. The molecule has 0 radical (unpaired) electrons. The van der Waals surface area contributed by atoms with Crippen molar-refractivity contribution < 1.29 is 15.0 Å². The maximum Gasteiger partial charge on any atom is 0.323 e. The lowest BCUT2D eigenvalue weighted by Gasteiger charge is -2.17. The van der Waals surface area contributed by atoms with E-state index >= 15 is 0 Å². The fourth-order valence-corrected chi connectivity index (χ4v) is 3.03.